The van der Waals surface area contributed by atoms with Crippen molar-refractivity contribution in [2.75, 3.05) is 0 Å². The lowest BCUT2D eigenvalue weighted by Gasteiger charge is -2.22. The van der Waals surface area contributed by atoms with E-state index >= 15 is 0 Å². The number of hydrogen-bond acceptors (Lipinski definition) is 4. The summed E-state index contributed by atoms with van der Waals surface area (Å²) in [5.74, 6) is 0. The van der Waals surface area contributed by atoms with Gasteiger partial charge in [-0.25, -0.2) is 4.79 Å². The highest BCUT2D eigenvalue weighted by molar-refractivity contribution is 7.11. The maximum Gasteiger partial charge on any atom is 0.407 e. The Balaban J connectivity index is 1.71. The van der Waals surface area contributed by atoms with E-state index in [2.05, 4.69) is 36.6 Å². The Bertz CT molecular complexity index is 521. The summed E-state index contributed by atoms with van der Waals surface area (Å²) in [6.45, 7) is 10.1. The van der Waals surface area contributed by atoms with E-state index in [9.17, 15) is 4.79 Å². The molecule has 1 aromatic rings. The van der Waals surface area contributed by atoms with Crippen LogP contribution in [0.5, 0.6) is 0 Å². The summed E-state index contributed by atoms with van der Waals surface area (Å²) < 4.78 is 5.33. The maximum atomic E-state index is 11.8. The molecule has 1 aliphatic carbocycles. The SMILES string of the molecule is Cc1ccc(CC(C)NC2CCC(NC(=O)OC(C)(C)C)C2)s1. The first kappa shape index (κ1) is 18.3. The average molecular weight is 339 g/mol. The van der Waals surface area contributed by atoms with Crippen LogP contribution in [0.25, 0.3) is 0 Å². The lowest BCUT2D eigenvalue weighted by Crippen LogP contribution is -2.40. The van der Waals surface area contributed by atoms with E-state index in [4.69, 9.17) is 4.74 Å². The van der Waals surface area contributed by atoms with Crippen molar-refractivity contribution in [3.63, 3.8) is 0 Å². The summed E-state index contributed by atoms with van der Waals surface area (Å²) in [6, 6.07) is 5.56. The van der Waals surface area contributed by atoms with Crippen LogP contribution in [0.2, 0.25) is 0 Å². The minimum Gasteiger partial charge on any atom is -0.444 e. The minimum atomic E-state index is -0.437. The first-order chi connectivity index (χ1) is 10.7. The van der Waals surface area contributed by atoms with E-state index < -0.39 is 5.60 Å². The predicted octanol–water partition coefficient (Wildman–Crippen LogP) is 4.02. The van der Waals surface area contributed by atoms with Crippen molar-refractivity contribution in [2.45, 2.75) is 84.0 Å². The molecule has 2 rings (SSSR count). The van der Waals surface area contributed by atoms with Gasteiger partial charge in [0.05, 0.1) is 0 Å². The molecule has 0 spiro atoms. The number of thiophene rings is 1. The molecule has 1 aromatic heterocycles. The van der Waals surface area contributed by atoms with Crippen LogP contribution in [0.4, 0.5) is 4.79 Å². The van der Waals surface area contributed by atoms with Gasteiger partial charge in [0.2, 0.25) is 0 Å². The van der Waals surface area contributed by atoms with Crippen LogP contribution in [-0.4, -0.2) is 29.8 Å². The fourth-order valence-electron chi connectivity index (χ4n) is 3.10. The highest BCUT2D eigenvalue weighted by Crippen LogP contribution is 2.22. The molecule has 1 fully saturated rings. The largest absolute Gasteiger partial charge is 0.444 e. The molecule has 3 unspecified atom stereocenters. The molecule has 130 valence electrons. The van der Waals surface area contributed by atoms with E-state index in [0.29, 0.717) is 12.1 Å². The van der Waals surface area contributed by atoms with Gasteiger partial charge in [-0.2, -0.15) is 0 Å². The molecule has 0 saturated heterocycles. The summed E-state index contributed by atoms with van der Waals surface area (Å²) in [4.78, 5) is 14.6. The monoisotopic (exact) mass is 338 g/mol. The number of nitrogens with one attached hydrogen (secondary N) is 2. The average Bonchev–Trinajstić information content (AvgIpc) is 2.96. The Morgan fingerprint density at radius 3 is 2.65 bits per heavy atom. The molecule has 1 saturated carbocycles. The molecule has 0 aliphatic heterocycles. The van der Waals surface area contributed by atoms with Crippen LogP contribution < -0.4 is 10.6 Å². The van der Waals surface area contributed by atoms with E-state index in [1.54, 1.807) is 0 Å². The zero-order chi connectivity index (χ0) is 17.0. The van der Waals surface area contributed by atoms with E-state index in [-0.39, 0.29) is 12.1 Å². The first-order valence-corrected chi connectivity index (χ1v) is 9.34. The summed E-state index contributed by atoms with van der Waals surface area (Å²) in [6.07, 6.45) is 3.87. The third-order valence-corrected chi connectivity index (χ3v) is 5.00. The maximum absolute atomic E-state index is 11.8. The number of alkyl carbamates (subject to hydrolysis) is 1. The van der Waals surface area contributed by atoms with Crippen molar-refractivity contribution < 1.29 is 9.53 Å². The molecule has 23 heavy (non-hydrogen) atoms. The Labute approximate surface area is 144 Å². The molecule has 3 atom stereocenters. The third-order valence-electron chi connectivity index (χ3n) is 3.98. The zero-order valence-corrected chi connectivity index (χ0v) is 15.8. The highest BCUT2D eigenvalue weighted by Gasteiger charge is 2.28. The van der Waals surface area contributed by atoms with Crippen molar-refractivity contribution in [1.82, 2.24) is 10.6 Å². The molecule has 1 aliphatic rings. The van der Waals surface area contributed by atoms with Gasteiger partial charge in [-0.05, 0) is 72.4 Å². The normalized spacial score (nSPS) is 22.8. The van der Waals surface area contributed by atoms with Crippen molar-refractivity contribution >= 4 is 17.4 Å². The van der Waals surface area contributed by atoms with Crippen LogP contribution in [0, 0.1) is 6.92 Å². The Morgan fingerprint density at radius 2 is 2.04 bits per heavy atom. The second-order valence-electron chi connectivity index (χ2n) is 7.64. The topological polar surface area (TPSA) is 50.4 Å². The summed E-state index contributed by atoms with van der Waals surface area (Å²) in [7, 11) is 0. The molecule has 0 radical (unpaired) electrons. The summed E-state index contributed by atoms with van der Waals surface area (Å²) in [5.41, 5.74) is -0.437. The number of carbonyl (C=O) groups excluding carboxylic acids is 1. The van der Waals surface area contributed by atoms with Crippen LogP contribution >= 0.6 is 11.3 Å². The molecular weight excluding hydrogens is 308 g/mol. The van der Waals surface area contributed by atoms with E-state index in [0.717, 1.165) is 25.7 Å². The Morgan fingerprint density at radius 1 is 1.35 bits per heavy atom. The Hall–Kier alpha value is -1.07. The van der Waals surface area contributed by atoms with Crippen LogP contribution in [0.1, 0.15) is 56.7 Å². The highest BCUT2D eigenvalue weighted by atomic mass is 32.1. The standard InChI is InChI=1S/C18H30N2O2S/c1-12(10-16-9-6-13(2)23-16)19-14-7-8-15(11-14)20-17(21)22-18(3,4)5/h6,9,12,14-15,19H,7-8,10-11H2,1-5H3,(H,20,21). The molecule has 2 N–H and O–H groups in total. The van der Waals surface area contributed by atoms with Crippen LogP contribution in [0.3, 0.4) is 0 Å². The first-order valence-electron chi connectivity index (χ1n) is 8.52. The lowest BCUT2D eigenvalue weighted by atomic mass is 10.1. The van der Waals surface area contributed by atoms with Gasteiger partial charge >= 0.3 is 6.09 Å². The van der Waals surface area contributed by atoms with Crippen LogP contribution in [0.15, 0.2) is 12.1 Å². The Kier molecular flexibility index (Phi) is 6.09. The molecule has 0 aromatic carbocycles. The van der Waals surface area contributed by atoms with Gasteiger partial charge in [0.1, 0.15) is 5.60 Å². The fourth-order valence-corrected chi connectivity index (χ4v) is 4.12. The third kappa shape index (κ3) is 6.51. The molecule has 0 bridgehead atoms. The molecular formula is C18H30N2O2S. The molecule has 5 heteroatoms. The van der Waals surface area contributed by atoms with E-state index in [1.807, 2.05) is 32.1 Å². The lowest BCUT2D eigenvalue weighted by molar-refractivity contribution is 0.0505. The van der Waals surface area contributed by atoms with Gasteiger partial charge in [0.25, 0.3) is 0 Å². The quantitative estimate of drug-likeness (QED) is 0.852. The second-order valence-corrected chi connectivity index (χ2v) is 9.01. The minimum absolute atomic E-state index is 0.221. The summed E-state index contributed by atoms with van der Waals surface area (Å²) >= 11 is 1.87. The van der Waals surface area contributed by atoms with Crippen molar-refractivity contribution in [3.05, 3.63) is 21.9 Å². The molecule has 1 amide bonds. The van der Waals surface area contributed by atoms with Gasteiger partial charge in [-0.15, -0.1) is 11.3 Å². The molecule has 4 nitrogen and oxygen atoms in total. The second kappa shape index (κ2) is 7.67. The van der Waals surface area contributed by atoms with E-state index in [1.165, 1.54) is 9.75 Å². The molecule has 1 heterocycles. The number of hydrogen-bond donors (Lipinski definition) is 2. The number of rotatable bonds is 5. The van der Waals surface area contributed by atoms with Crippen molar-refractivity contribution in [2.24, 2.45) is 0 Å². The fraction of sp³-hybridized carbons (Fsp3) is 0.722. The number of ether oxygens (including phenoxy) is 1. The number of amides is 1. The van der Waals surface area contributed by atoms with Crippen molar-refractivity contribution in [3.8, 4) is 0 Å². The van der Waals surface area contributed by atoms with Gasteiger partial charge in [-0.3, -0.25) is 0 Å². The predicted molar refractivity (Wildman–Crippen MR) is 96.2 cm³/mol. The van der Waals surface area contributed by atoms with Gasteiger partial charge < -0.3 is 15.4 Å². The summed E-state index contributed by atoms with van der Waals surface area (Å²) in [5, 5.41) is 6.70. The van der Waals surface area contributed by atoms with Gasteiger partial charge in [0.15, 0.2) is 0 Å². The van der Waals surface area contributed by atoms with Crippen molar-refractivity contribution in [1.29, 1.82) is 0 Å². The number of carbonyl (C=O) groups is 1. The smallest absolute Gasteiger partial charge is 0.407 e. The van der Waals surface area contributed by atoms with Crippen LogP contribution in [-0.2, 0) is 11.2 Å². The number of aryl methyl sites for hydroxylation is 1. The van der Waals surface area contributed by atoms with Gasteiger partial charge in [0, 0.05) is 27.9 Å². The zero-order valence-electron chi connectivity index (χ0n) is 14.9. The van der Waals surface area contributed by atoms with Gasteiger partial charge in [-0.1, -0.05) is 0 Å².